The topological polar surface area (TPSA) is 35.5 Å². The molecule has 1 aliphatic carbocycles. The Balaban J connectivity index is 1.99. The van der Waals surface area contributed by atoms with Crippen LogP contribution in [-0.2, 0) is 16.0 Å². The van der Waals surface area contributed by atoms with Crippen LogP contribution in [0.1, 0.15) is 25.3 Å². The van der Waals surface area contributed by atoms with Crippen molar-refractivity contribution in [2.24, 2.45) is 11.8 Å². The maximum absolute atomic E-state index is 11.4. The first-order valence-electron chi connectivity index (χ1n) is 6.49. The zero-order chi connectivity index (χ0) is 13.0. The summed E-state index contributed by atoms with van der Waals surface area (Å²) in [5, 5.41) is 0. The Morgan fingerprint density at radius 2 is 2.11 bits per heavy atom. The van der Waals surface area contributed by atoms with Gasteiger partial charge in [-0.2, -0.15) is 0 Å². The Morgan fingerprint density at radius 3 is 2.78 bits per heavy atom. The Morgan fingerprint density at radius 1 is 1.39 bits per heavy atom. The second-order valence-electron chi connectivity index (χ2n) is 4.99. The number of hydrogen-bond donors (Lipinski definition) is 0. The highest BCUT2D eigenvalue weighted by Crippen LogP contribution is 2.30. The van der Waals surface area contributed by atoms with Gasteiger partial charge in [-0.3, -0.25) is 4.79 Å². The molecule has 1 saturated carbocycles. The van der Waals surface area contributed by atoms with Crippen molar-refractivity contribution in [3.05, 3.63) is 29.8 Å². The molecule has 0 unspecified atom stereocenters. The summed E-state index contributed by atoms with van der Waals surface area (Å²) < 4.78 is 10.6. The maximum atomic E-state index is 11.4. The summed E-state index contributed by atoms with van der Waals surface area (Å²) in [4.78, 5) is 11.4. The summed E-state index contributed by atoms with van der Waals surface area (Å²) in [7, 11) is 1.42. The van der Waals surface area contributed by atoms with Crippen molar-refractivity contribution >= 4 is 5.97 Å². The van der Waals surface area contributed by atoms with Crippen molar-refractivity contribution in [3.63, 3.8) is 0 Å². The Kier molecular flexibility index (Phi) is 4.24. The number of para-hydroxylation sites is 1. The van der Waals surface area contributed by atoms with Crippen LogP contribution in [0.15, 0.2) is 24.3 Å². The minimum absolute atomic E-state index is 0.138. The van der Waals surface area contributed by atoms with Crippen molar-refractivity contribution in [2.75, 3.05) is 13.7 Å². The zero-order valence-electron chi connectivity index (χ0n) is 11.0. The lowest BCUT2D eigenvalue weighted by molar-refractivity contribution is -0.144. The summed E-state index contributed by atoms with van der Waals surface area (Å²) in [6.07, 6.45) is 3.22. The third-order valence-corrected chi connectivity index (χ3v) is 3.27. The van der Waals surface area contributed by atoms with E-state index in [0.717, 1.165) is 23.8 Å². The molecule has 18 heavy (non-hydrogen) atoms. The molecule has 0 N–H and O–H groups in total. The quantitative estimate of drug-likeness (QED) is 0.726. The smallest absolute Gasteiger partial charge is 0.308 e. The first-order valence-corrected chi connectivity index (χ1v) is 6.49. The number of carbonyl (C=O) groups is 1. The molecule has 1 aromatic carbocycles. The fourth-order valence-electron chi connectivity index (χ4n) is 1.92. The van der Waals surface area contributed by atoms with E-state index in [1.807, 2.05) is 31.2 Å². The zero-order valence-corrected chi connectivity index (χ0v) is 11.0. The summed E-state index contributed by atoms with van der Waals surface area (Å²) in [5.74, 6) is 1.32. The van der Waals surface area contributed by atoms with E-state index in [1.54, 1.807) is 0 Å². The highest BCUT2D eigenvalue weighted by molar-refractivity contribution is 5.72. The number of rotatable bonds is 6. The molecule has 0 aromatic heterocycles. The molecule has 1 atom stereocenters. The molecule has 0 radical (unpaired) electrons. The second-order valence-corrected chi connectivity index (χ2v) is 4.99. The van der Waals surface area contributed by atoms with Crippen molar-refractivity contribution in [1.82, 2.24) is 0 Å². The molecule has 1 fully saturated rings. The first-order chi connectivity index (χ1) is 8.70. The highest BCUT2D eigenvalue weighted by Gasteiger charge is 2.22. The maximum Gasteiger partial charge on any atom is 0.308 e. The normalized spacial score (nSPS) is 16.1. The fraction of sp³-hybridized carbons (Fsp3) is 0.533. The average molecular weight is 248 g/mol. The minimum Gasteiger partial charge on any atom is -0.493 e. The average Bonchev–Trinajstić information content (AvgIpc) is 3.20. The third-order valence-electron chi connectivity index (χ3n) is 3.27. The van der Waals surface area contributed by atoms with Crippen molar-refractivity contribution in [1.29, 1.82) is 0 Å². The van der Waals surface area contributed by atoms with Gasteiger partial charge in [0.15, 0.2) is 0 Å². The lowest BCUT2D eigenvalue weighted by atomic mass is 10.0. The predicted octanol–water partition coefficient (Wildman–Crippen LogP) is 2.83. The molecular weight excluding hydrogens is 228 g/mol. The number of ether oxygens (including phenoxy) is 2. The van der Waals surface area contributed by atoms with Gasteiger partial charge in [-0.15, -0.1) is 0 Å². The van der Waals surface area contributed by atoms with E-state index in [4.69, 9.17) is 9.47 Å². The number of methoxy groups -OCH3 is 1. The standard InChI is InChI=1S/C15H20O3/c1-11(15(16)17-2)9-13-5-3-4-6-14(13)18-10-12-7-8-12/h3-6,11-12H,7-10H2,1-2H3/t11-/m0/s1. The van der Waals surface area contributed by atoms with E-state index >= 15 is 0 Å². The van der Waals surface area contributed by atoms with Gasteiger partial charge in [-0.05, 0) is 36.8 Å². The Labute approximate surface area is 108 Å². The van der Waals surface area contributed by atoms with Gasteiger partial charge in [0.25, 0.3) is 0 Å². The fourth-order valence-corrected chi connectivity index (χ4v) is 1.92. The largest absolute Gasteiger partial charge is 0.493 e. The van der Waals surface area contributed by atoms with Gasteiger partial charge >= 0.3 is 5.97 Å². The summed E-state index contributed by atoms with van der Waals surface area (Å²) in [5.41, 5.74) is 1.08. The lowest BCUT2D eigenvalue weighted by Crippen LogP contribution is -2.15. The second kappa shape index (κ2) is 5.89. The number of esters is 1. The van der Waals surface area contributed by atoms with Crippen LogP contribution >= 0.6 is 0 Å². The van der Waals surface area contributed by atoms with E-state index in [0.29, 0.717) is 6.42 Å². The molecule has 3 nitrogen and oxygen atoms in total. The van der Waals surface area contributed by atoms with Crippen molar-refractivity contribution in [3.8, 4) is 5.75 Å². The third kappa shape index (κ3) is 3.49. The molecule has 0 spiro atoms. The minimum atomic E-state index is -0.174. The van der Waals surface area contributed by atoms with Crippen LogP contribution in [-0.4, -0.2) is 19.7 Å². The van der Waals surface area contributed by atoms with Gasteiger partial charge in [0.2, 0.25) is 0 Å². The van der Waals surface area contributed by atoms with E-state index < -0.39 is 0 Å². The van der Waals surface area contributed by atoms with Gasteiger partial charge in [0.05, 0.1) is 19.6 Å². The van der Waals surface area contributed by atoms with Crippen LogP contribution in [0, 0.1) is 11.8 Å². The highest BCUT2D eigenvalue weighted by atomic mass is 16.5. The molecule has 0 heterocycles. The monoisotopic (exact) mass is 248 g/mol. The van der Waals surface area contributed by atoms with Gasteiger partial charge in [-0.25, -0.2) is 0 Å². The van der Waals surface area contributed by atoms with E-state index in [2.05, 4.69) is 0 Å². The van der Waals surface area contributed by atoms with Crippen LogP contribution in [0.4, 0.5) is 0 Å². The SMILES string of the molecule is COC(=O)[C@@H](C)Cc1ccccc1OCC1CC1. The van der Waals surface area contributed by atoms with Crippen LogP contribution in [0.3, 0.4) is 0 Å². The molecular formula is C15H20O3. The van der Waals surface area contributed by atoms with E-state index in [-0.39, 0.29) is 11.9 Å². The van der Waals surface area contributed by atoms with Crippen LogP contribution in [0.25, 0.3) is 0 Å². The molecule has 3 heteroatoms. The Bertz CT molecular complexity index is 410. The van der Waals surface area contributed by atoms with E-state index in [1.165, 1.54) is 20.0 Å². The molecule has 0 bridgehead atoms. The lowest BCUT2D eigenvalue weighted by Gasteiger charge is -2.14. The van der Waals surface area contributed by atoms with Gasteiger partial charge < -0.3 is 9.47 Å². The molecule has 0 amide bonds. The van der Waals surface area contributed by atoms with Crippen LogP contribution in [0.2, 0.25) is 0 Å². The number of hydrogen-bond acceptors (Lipinski definition) is 3. The van der Waals surface area contributed by atoms with Crippen molar-refractivity contribution in [2.45, 2.75) is 26.2 Å². The van der Waals surface area contributed by atoms with Gasteiger partial charge in [0.1, 0.15) is 5.75 Å². The van der Waals surface area contributed by atoms with Crippen LogP contribution < -0.4 is 4.74 Å². The summed E-state index contributed by atoms with van der Waals surface area (Å²) >= 11 is 0. The van der Waals surface area contributed by atoms with Gasteiger partial charge in [-0.1, -0.05) is 25.1 Å². The molecule has 2 rings (SSSR count). The molecule has 0 aliphatic heterocycles. The van der Waals surface area contributed by atoms with Crippen LogP contribution in [0.5, 0.6) is 5.75 Å². The molecule has 0 saturated heterocycles. The van der Waals surface area contributed by atoms with E-state index in [9.17, 15) is 4.79 Å². The number of carbonyl (C=O) groups excluding carboxylic acids is 1. The number of benzene rings is 1. The molecule has 98 valence electrons. The van der Waals surface area contributed by atoms with Crippen molar-refractivity contribution < 1.29 is 14.3 Å². The first kappa shape index (κ1) is 12.9. The molecule has 1 aliphatic rings. The molecule has 1 aromatic rings. The Hall–Kier alpha value is -1.51. The van der Waals surface area contributed by atoms with Gasteiger partial charge in [0, 0.05) is 0 Å². The summed E-state index contributed by atoms with van der Waals surface area (Å²) in [6, 6.07) is 7.93. The predicted molar refractivity (Wildman–Crippen MR) is 69.5 cm³/mol. The summed E-state index contributed by atoms with van der Waals surface area (Å²) in [6.45, 7) is 2.67.